The molecule has 0 radical (unpaired) electrons. The zero-order valence-corrected chi connectivity index (χ0v) is 36.3. The Morgan fingerprint density at radius 2 is 1.15 bits per heavy atom. The first-order chi connectivity index (χ1) is 27.9. The van der Waals surface area contributed by atoms with Crippen LogP contribution in [0.15, 0.2) is 158 Å². The van der Waals surface area contributed by atoms with Gasteiger partial charge >= 0.3 is 0 Å². The van der Waals surface area contributed by atoms with E-state index in [2.05, 4.69) is 149 Å². The van der Waals surface area contributed by atoms with Gasteiger partial charge in [-0.3, -0.25) is 14.5 Å². The van der Waals surface area contributed by atoms with E-state index >= 15 is 0 Å². The van der Waals surface area contributed by atoms with E-state index < -0.39 is 0 Å². The van der Waals surface area contributed by atoms with Crippen molar-refractivity contribution in [1.29, 1.82) is 0 Å². The zero-order chi connectivity index (χ0) is 40.2. The fraction of sp³-hybridized carbons (Fsp3) is 0.151. The van der Waals surface area contributed by atoms with E-state index in [1.807, 2.05) is 54.9 Å². The molecule has 4 heterocycles. The van der Waals surface area contributed by atoms with Crippen molar-refractivity contribution in [1.82, 2.24) is 19.5 Å². The minimum atomic E-state index is -0.0460. The zero-order valence-electron chi connectivity index (χ0n) is 34.1. The van der Waals surface area contributed by atoms with Gasteiger partial charge in [-0.05, 0) is 98.8 Å². The first-order valence-electron chi connectivity index (χ1n) is 19.8. The Kier molecular flexibility index (Phi) is 10.4. The summed E-state index contributed by atoms with van der Waals surface area (Å²) in [5.74, 6) is 1.07. The van der Waals surface area contributed by atoms with Crippen LogP contribution in [0, 0.1) is 6.07 Å². The Morgan fingerprint density at radius 3 is 1.90 bits per heavy atom. The van der Waals surface area contributed by atoms with Crippen molar-refractivity contribution in [3.63, 3.8) is 0 Å². The Morgan fingerprint density at radius 1 is 0.508 bits per heavy atom. The van der Waals surface area contributed by atoms with Gasteiger partial charge in [0.2, 0.25) is 0 Å². The topological polar surface area (TPSA) is 63.8 Å². The van der Waals surface area contributed by atoms with Crippen molar-refractivity contribution in [2.24, 2.45) is 0 Å². The second-order valence-electron chi connectivity index (χ2n) is 17.1. The molecule has 4 aromatic heterocycles. The van der Waals surface area contributed by atoms with Crippen LogP contribution in [-0.4, -0.2) is 24.6 Å². The van der Waals surface area contributed by atoms with Crippen molar-refractivity contribution < 1.29 is 26.2 Å². The Hall–Kier alpha value is -6.16. The predicted octanol–water partition coefficient (Wildman–Crippen LogP) is 13.4. The first-order valence-corrected chi connectivity index (χ1v) is 19.8. The van der Waals surface area contributed by atoms with Gasteiger partial charge in [-0.2, -0.15) is 0 Å². The van der Waals surface area contributed by atoms with Crippen molar-refractivity contribution in [3.8, 4) is 67.6 Å². The van der Waals surface area contributed by atoms with Crippen molar-refractivity contribution in [3.05, 3.63) is 175 Å². The van der Waals surface area contributed by atoms with Gasteiger partial charge in [-0.25, -0.2) is 4.98 Å². The van der Waals surface area contributed by atoms with Gasteiger partial charge in [0, 0.05) is 61.2 Å². The molecule has 0 amide bonds. The van der Waals surface area contributed by atoms with E-state index in [0.29, 0.717) is 11.3 Å². The molecule has 59 heavy (non-hydrogen) atoms. The van der Waals surface area contributed by atoms with E-state index in [0.717, 1.165) is 72.4 Å². The molecule has 0 aliphatic rings. The molecule has 0 spiro atoms. The maximum absolute atomic E-state index is 11.0. The van der Waals surface area contributed by atoms with Gasteiger partial charge in [-0.1, -0.05) is 125 Å². The molecular weight excluding hydrogens is 904 g/mol. The molecule has 294 valence electrons. The number of pyridine rings is 3. The number of para-hydroxylation sites is 2. The Balaban J connectivity index is 0.00000484. The molecule has 0 fully saturated rings. The van der Waals surface area contributed by atoms with Crippen LogP contribution in [0.3, 0.4) is 0 Å². The third-order valence-electron chi connectivity index (χ3n) is 11.0. The number of nitrogens with zero attached hydrogens (tertiary/aromatic N) is 4. The van der Waals surface area contributed by atoms with Crippen molar-refractivity contribution >= 4 is 21.8 Å². The fourth-order valence-corrected chi connectivity index (χ4v) is 7.81. The Bertz CT molecular complexity index is 2960. The number of rotatable bonds is 6. The molecule has 5 aromatic carbocycles. The molecule has 0 bridgehead atoms. The normalized spacial score (nSPS) is 11.8. The summed E-state index contributed by atoms with van der Waals surface area (Å²) in [7, 11) is 0. The summed E-state index contributed by atoms with van der Waals surface area (Å²) < 4.78 is 2.23. The smallest absolute Gasteiger partial charge is 0.137 e. The molecule has 6 heteroatoms. The predicted molar refractivity (Wildman–Crippen MR) is 239 cm³/mol. The number of hydrogen-bond donors (Lipinski definition) is 1. The maximum Gasteiger partial charge on any atom is 0.137 e. The summed E-state index contributed by atoms with van der Waals surface area (Å²) in [5, 5.41) is 13.4. The van der Waals surface area contributed by atoms with E-state index in [4.69, 9.17) is 15.0 Å². The van der Waals surface area contributed by atoms with Gasteiger partial charge < -0.3 is 5.11 Å². The molecule has 1 N–H and O–H groups in total. The van der Waals surface area contributed by atoms with E-state index in [-0.39, 0.29) is 37.6 Å². The van der Waals surface area contributed by atoms with Gasteiger partial charge in [0.1, 0.15) is 11.6 Å². The first kappa shape index (κ1) is 39.7. The summed E-state index contributed by atoms with van der Waals surface area (Å²) in [6.07, 6.45) is 3.68. The largest absolute Gasteiger partial charge is 0.507 e. The molecular formula is C53H45N4OPt-. The molecule has 9 rings (SSSR count). The van der Waals surface area contributed by atoms with Crippen molar-refractivity contribution in [2.75, 3.05) is 0 Å². The molecule has 0 aliphatic heterocycles. The SMILES string of the molecule is CC(C)(C)c1cc(-c2cc(-c3[c-]c(-c4ncccc4-c4ccc5c(c4)c4ccccc4n5-c4ccccn4)ccc3)nc(-c3ccccc3O)c2)cc(C(C)(C)C)c1.[Pt]. The third kappa shape index (κ3) is 7.64. The molecule has 0 saturated carbocycles. The van der Waals surface area contributed by atoms with Crippen LogP contribution in [0.5, 0.6) is 5.75 Å². The quantitative estimate of drug-likeness (QED) is 0.169. The van der Waals surface area contributed by atoms with Gasteiger partial charge in [-0.15, -0.1) is 24.3 Å². The average Bonchev–Trinajstić information content (AvgIpc) is 3.57. The number of hydrogen-bond acceptors (Lipinski definition) is 4. The van der Waals surface area contributed by atoms with Crippen LogP contribution >= 0.6 is 0 Å². The number of aromatic nitrogens is 4. The van der Waals surface area contributed by atoms with Crippen LogP contribution in [0.1, 0.15) is 52.7 Å². The van der Waals surface area contributed by atoms with Crippen LogP contribution < -0.4 is 0 Å². The molecule has 9 aromatic rings. The summed E-state index contributed by atoms with van der Waals surface area (Å²) in [4.78, 5) is 14.8. The van der Waals surface area contributed by atoms with Gasteiger partial charge in [0.05, 0.1) is 16.7 Å². The maximum atomic E-state index is 11.0. The average molecular weight is 949 g/mol. The molecule has 0 unspecified atom stereocenters. The minimum absolute atomic E-state index is 0. The van der Waals surface area contributed by atoms with Gasteiger partial charge in [0.15, 0.2) is 0 Å². The summed E-state index contributed by atoms with van der Waals surface area (Å²) in [5.41, 5.74) is 13.5. The van der Waals surface area contributed by atoms with E-state index in [9.17, 15) is 5.11 Å². The second kappa shape index (κ2) is 15.5. The van der Waals surface area contributed by atoms with E-state index in [1.54, 1.807) is 6.07 Å². The Labute approximate surface area is 360 Å². The number of fused-ring (bicyclic) bond motifs is 3. The van der Waals surface area contributed by atoms with E-state index in [1.165, 1.54) is 11.1 Å². The molecule has 0 saturated heterocycles. The van der Waals surface area contributed by atoms with Crippen LogP contribution in [0.4, 0.5) is 0 Å². The summed E-state index contributed by atoms with van der Waals surface area (Å²) in [6, 6.07) is 53.7. The second-order valence-corrected chi connectivity index (χ2v) is 17.1. The monoisotopic (exact) mass is 948 g/mol. The summed E-state index contributed by atoms with van der Waals surface area (Å²) >= 11 is 0. The standard InChI is InChI=1S/C53H45N4O.Pt/c1-52(2,3)39-28-37(29-40(33-39)53(4,5)6)38-31-45(56-46(32-38)43-18-8-10-21-49(43)58)35-15-13-16-36(27-35)51-41(19-14-26-55-51)34-23-24-48-44(30-34)42-17-7-9-20-47(42)57(48)50-22-11-12-25-54-50;/h7-26,28-33,58H,1-6H3;/q-1;. The number of phenols is 1. The minimum Gasteiger partial charge on any atom is -0.507 e. The number of phenolic OH excluding ortho intramolecular Hbond substituents is 1. The molecule has 5 nitrogen and oxygen atoms in total. The van der Waals surface area contributed by atoms with Gasteiger partial charge in [0.25, 0.3) is 0 Å². The van der Waals surface area contributed by atoms with Crippen LogP contribution in [0.2, 0.25) is 0 Å². The number of benzene rings is 5. The van der Waals surface area contributed by atoms with Crippen molar-refractivity contribution in [2.45, 2.75) is 52.4 Å². The molecule has 0 atom stereocenters. The van der Waals surface area contributed by atoms with Crippen LogP contribution in [-0.2, 0) is 31.9 Å². The number of aromatic hydroxyl groups is 1. The summed E-state index contributed by atoms with van der Waals surface area (Å²) in [6.45, 7) is 13.6. The van der Waals surface area contributed by atoms with Crippen LogP contribution in [0.25, 0.3) is 83.6 Å². The fourth-order valence-electron chi connectivity index (χ4n) is 7.81. The molecule has 0 aliphatic carbocycles. The third-order valence-corrected chi connectivity index (χ3v) is 11.0.